The number of benzene rings is 3. The van der Waals surface area contributed by atoms with Crippen LogP contribution in [-0.2, 0) is 6.42 Å². The van der Waals surface area contributed by atoms with E-state index in [0.29, 0.717) is 6.04 Å². The van der Waals surface area contributed by atoms with Crippen molar-refractivity contribution in [2.75, 3.05) is 4.90 Å². The maximum absolute atomic E-state index is 2.49. The molecule has 3 aromatic carbocycles. The Bertz CT molecular complexity index is 1090. The van der Waals surface area contributed by atoms with Crippen molar-refractivity contribution in [2.24, 2.45) is 0 Å². The van der Waals surface area contributed by atoms with Crippen LogP contribution in [0.25, 0.3) is 11.1 Å². The summed E-state index contributed by atoms with van der Waals surface area (Å²) in [6.45, 7) is 4.32. The Hall–Kier alpha value is -3.06. The second-order valence-corrected chi connectivity index (χ2v) is 7.99. The van der Waals surface area contributed by atoms with Gasteiger partial charge >= 0.3 is 0 Å². The minimum atomic E-state index is 0.341. The van der Waals surface area contributed by atoms with Crippen LogP contribution < -0.4 is 4.90 Å². The summed E-state index contributed by atoms with van der Waals surface area (Å²) in [5, 5.41) is 0. The lowest BCUT2D eigenvalue weighted by Crippen LogP contribution is -2.30. The van der Waals surface area contributed by atoms with E-state index in [4.69, 9.17) is 0 Å². The zero-order chi connectivity index (χ0) is 19.1. The molecule has 0 radical (unpaired) electrons. The number of hydrogen-bond acceptors (Lipinski definition) is 1. The van der Waals surface area contributed by atoms with Crippen molar-refractivity contribution in [3.05, 3.63) is 107 Å². The molecular formula is C27H25N. The first-order valence-corrected chi connectivity index (χ1v) is 10.1. The first kappa shape index (κ1) is 17.1. The third-order valence-electron chi connectivity index (χ3n) is 5.96. The van der Waals surface area contributed by atoms with E-state index >= 15 is 0 Å². The highest BCUT2D eigenvalue weighted by atomic mass is 15.2. The van der Waals surface area contributed by atoms with E-state index in [-0.39, 0.29) is 0 Å². The topological polar surface area (TPSA) is 3.24 Å². The third kappa shape index (κ3) is 2.97. The van der Waals surface area contributed by atoms with Gasteiger partial charge in [0.1, 0.15) is 0 Å². The molecule has 0 saturated heterocycles. The fourth-order valence-electron chi connectivity index (χ4n) is 4.43. The fraction of sp³-hybridized carbons (Fsp3) is 0.185. The summed E-state index contributed by atoms with van der Waals surface area (Å²) in [5.41, 5.74) is 10.8. The highest BCUT2D eigenvalue weighted by molar-refractivity contribution is 5.80. The van der Waals surface area contributed by atoms with E-state index in [2.05, 4.69) is 104 Å². The Kier molecular flexibility index (Phi) is 4.16. The summed E-state index contributed by atoms with van der Waals surface area (Å²) in [4.78, 5) is 2.49. The van der Waals surface area contributed by atoms with Gasteiger partial charge in [-0.1, -0.05) is 71.8 Å². The normalized spacial score (nSPS) is 17.1. The monoisotopic (exact) mass is 363 g/mol. The summed E-state index contributed by atoms with van der Waals surface area (Å²) >= 11 is 0. The van der Waals surface area contributed by atoms with Crippen molar-refractivity contribution < 1.29 is 0 Å². The van der Waals surface area contributed by atoms with Gasteiger partial charge < -0.3 is 4.90 Å². The molecule has 0 saturated carbocycles. The van der Waals surface area contributed by atoms with Crippen LogP contribution in [0, 0.1) is 6.92 Å². The van der Waals surface area contributed by atoms with Gasteiger partial charge in [0.25, 0.3) is 0 Å². The predicted octanol–water partition coefficient (Wildman–Crippen LogP) is 6.98. The van der Waals surface area contributed by atoms with Gasteiger partial charge in [-0.2, -0.15) is 0 Å². The van der Waals surface area contributed by atoms with Gasteiger partial charge in [0.15, 0.2) is 0 Å². The zero-order valence-corrected chi connectivity index (χ0v) is 16.5. The molecule has 2 aliphatic carbocycles. The largest absolute Gasteiger partial charge is 0.334 e. The molecule has 3 aromatic rings. The summed E-state index contributed by atoms with van der Waals surface area (Å²) in [7, 11) is 0. The lowest BCUT2D eigenvalue weighted by molar-refractivity contribution is 0.779. The van der Waals surface area contributed by atoms with Crippen LogP contribution in [-0.4, -0.2) is 6.04 Å². The van der Waals surface area contributed by atoms with E-state index in [0.717, 1.165) is 12.8 Å². The van der Waals surface area contributed by atoms with E-state index in [1.165, 1.54) is 44.8 Å². The highest BCUT2D eigenvalue weighted by Gasteiger charge is 2.23. The average molecular weight is 364 g/mol. The molecule has 0 aromatic heterocycles. The summed E-state index contributed by atoms with van der Waals surface area (Å²) in [6.07, 6.45) is 9.00. The van der Waals surface area contributed by atoms with Crippen molar-refractivity contribution in [1.29, 1.82) is 0 Å². The molecule has 0 aliphatic heterocycles. The Balaban J connectivity index is 1.57. The van der Waals surface area contributed by atoms with Gasteiger partial charge in [0.2, 0.25) is 0 Å². The second kappa shape index (κ2) is 6.83. The molecule has 0 N–H and O–H groups in total. The Morgan fingerprint density at radius 3 is 2.32 bits per heavy atom. The molecule has 1 unspecified atom stereocenters. The van der Waals surface area contributed by atoms with Crippen molar-refractivity contribution in [3.63, 3.8) is 0 Å². The summed E-state index contributed by atoms with van der Waals surface area (Å²) in [5.74, 6) is 0. The molecule has 1 atom stereocenters. The van der Waals surface area contributed by atoms with Gasteiger partial charge in [-0.15, -0.1) is 0 Å². The Labute approximate surface area is 167 Å². The molecule has 0 amide bonds. The number of rotatable bonds is 3. The Morgan fingerprint density at radius 2 is 1.54 bits per heavy atom. The van der Waals surface area contributed by atoms with Crippen LogP contribution >= 0.6 is 0 Å². The number of fused-ring (bicyclic) bond motifs is 3. The van der Waals surface area contributed by atoms with Crippen molar-refractivity contribution in [3.8, 4) is 11.1 Å². The van der Waals surface area contributed by atoms with E-state index in [1.807, 2.05) is 0 Å². The molecular weight excluding hydrogens is 338 g/mol. The average Bonchev–Trinajstić information content (AvgIpc) is 3.09. The van der Waals surface area contributed by atoms with E-state index < -0.39 is 0 Å². The molecule has 1 nitrogen and oxygen atoms in total. The quantitative estimate of drug-likeness (QED) is 0.379. The van der Waals surface area contributed by atoms with Crippen LogP contribution in [0.2, 0.25) is 0 Å². The van der Waals surface area contributed by atoms with Crippen LogP contribution in [0.4, 0.5) is 11.4 Å². The first-order chi connectivity index (χ1) is 13.7. The molecule has 0 heterocycles. The van der Waals surface area contributed by atoms with Gasteiger partial charge in [-0.25, -0.2) is 0 Å². The number of nitrogens with zero attached hydrogens (tertiary/aromatic N) is 1. The standard InChI is InChI=1S/C27H25N/c1-19-7-11-23(12-8-19)28(24-13-9-20(2)10-14-24)25-15-16-27-22(18-25)17-21-5-3-4-6-26(21)27/h3-13,15-16,18,24H,14,17H2,1-2H3. The maximum Gasteiger partial charge on any atom is 0.0560 e. The van der Waals surface area contributed by atoms with Crippen LogP contribution in [0.1, 0.15) is 30.0 Å². The number of aryl methyl sites for hydroxylation is 1. The van der Waals surface area contributed by atoms with Gasteiger partial charge in [-0.05, 0) is 73.2 Å². The summed E-state index contributed by atoms with van der Waals surface area (Å²) < 4.78 is 0. The lowest BCUT2D eigenvalue weighted by atomic mass is 9.99. The second-order valence-electron chi connectivity index (χ2n) is 7.99. The zero-order valence-electron chi connectivity index (χ0n) is 16.5. The molecule has 28 heavy (non-hydrogen) atoms. The Morgan fingerprint density at radius 1 is 0.786 bits per heavy atom. The number of allylic oxidation sites excluding steroid dienone is 2. The van der Waals surface area contributed by atoms with Crippen molar-refractivity contribution in [1.82, 2.24) is 0 Å². The predicted molar refractivity (Wildman–Crippen MR) is 119 cm³/mol. The summed E-state index contributed by atoms with van der Waals surface area (Å²) in [6, 6.07) is 25.0. The van der Waals surface area contributed by atoms with Crippen molar-refractivity contribution >= 4 is 11.4 Å². The lowest BCUT2D eigenvalue weighted by Gasteiger charge is -2.33. The molecule has 0 bridgehead atoms. The van der Waals surface area contributed by atoms with Gasteiger partial charge in [0.05, 0.1) is 6.04 Å². The number of anilines is 2. The third-order valence-corrected chi connectivity index (χ3v) is 5.96. The first-order valence-electron chi connectivity index (χ1n) is 10.1. The molecule has 0 spiro atoms. The molecule has 1 heteroatoms. The minimum Gasteiger partial charge on any atom is -0.334 e. The van der Waals surface area contributed by atoms with Crippen molar-refractivity contribution in [2.45, 2.75) is 32.7 Å². The van der Waals surface area contributed by atoms with Crippen LogP contribution in [0.5, 0.6) is 0 Å². The van der Waals surface area contributed by atoms with Gasteiger partial charge in [-0.3, -0.25) is 0 Å². The fourth-order valence-corrected chi connectivity index (χ4v) is 4.43. The van der Waals surface area contributed by atoms with E-state index in [9.17, 15) is 0 Å². The number of hydrogen-bond donors (Lipinski definition) is 0. The molecule has 0 fully saturated rings. The molecule has 2 aliphatic rings. The molecule has 5 rings (SSSR count). The van der Waals surface area contributed by atoms with E-state index in [1.54, 1.807) is 0 Å². The highest BCUT2D eigenvalue weighted by Crippen LogP contribution is 2.40. The molecule has 138 valence electrons. The van der Waals surface area contributed by atoms with Crippen LogP contribution in [0.3, 0.4) is 0 Å². The smallest absolute Gasteiger partial charge is 0.0560 e. The van der Waals surface area contributed by atoms with Crippen LogP contribution in [0.15, 0.2) is 90.5 Å². The SMILES string of the molecule is CC1=CCC(N(c2ccc(C)cc2)c2ccc3c(c2)Cc2ccccc2-3)C=C1. The van der Waals surface area contributed by atoms with Gasteiger partial charge in [0, 0.05) is 11.4 Å². The maximum atomic E-state index is 2.49. The minimum absolute atomic E-state index is 0.341.